The van der Waals surface area contributed by atoms with E-state index in [9.17, 15) is 0 Å². The molecule has 3 rings (SSSR count). The maximum Gasteiger partial charge on any atom is 0.169 e. The lowest BCUT2D eigenvalue weighted by Gasteiger charge is -2.22. The molecule has 0 heterocycles. The van der Waals surface area contributed by atoms with Gasteiger partial charge in [-0.25, -0.2) is 0 Å². The minimum Gasteiger partial charge on any atom is -0.485 e. The van der Waals surface area contributed by atoms with Crippen molar-refractivity contribution in [2.75, 3.05) is 32.7 Å². The van der Waals surface area contributed by atoms with E-state index < -0.39 is 0 Å². The minimum atomic E-state index is 0.485. The quantitative estimate of drug-likeness (QED) is 0.172. The maximum absolute atomic E-state index is 6.26. The van der Waals surface area contributed by atoms with E-state index >= 15 is 0 Å². The lowest BCUT2D eigenvalue weighted by molar-refractivity contribution is 0.155. The van der Waals surface area contributed by atoms with Gasteiger partial charge in [0, 0.05) is 25.7 Å². The molecule has 0 bridgehead atoms. The van der Waals surface area contributed by atoms with Crippen molar-refractivity contribution in [3.63, 3.8) is 0 Å². The molecule has 0 radical (unpaired) electrons. The molecule has 1 N–H and O–H groups in total. The second-order valence-corrected chi connectivity index (χ2v) is 9.18. The largest absolute Gasteiger partial charge is 0.485 e. The van der Waals surface area contributed by atoms with Gasteiger partial charge in [0.25, 0.3) is 0 Å². The number of hydrogen-bond acceptors (Lipinski definition) is 4. The zero-order valence-corrected chi connectivity index (χ0v) is 24.0. The van der Waals surface area contributed by atoms with E-state index in [1.54, 1.807) is 0 Å². The van der Waals surface area contributed by atoms with E-state index in [0.717, 1.165) is 42.1 Å². The Kier molecular flexibility index (Phi) is 16.4. The van der Waals surface area contributed by atoms with Crippen molar-refractivity contribution < 1.29 is 9.47 Å². The molecule has 1 aliphatic rings. The van der Waals surface area contributed by atoms with Crippen LogP contribution in [0.5, 0.6) is 0 Å². The fourth-order valence-electron chi connectivity index (χ4n) is 3.94. The van der Waals surface area contributed by atoms with Crippen molar-refractivity contribution in [3.05, 3.63) is 113 Å². The Hall–Kier alpha value is -3.04. The second kappa shape index (κ2) is 20.0. The van der Waals surface area contributed by atoms with Crippen molar-refractivity contribution in [2.45, 2.75) is 66.6 Å². The van der Waals surface area contributed by atoms with E-state index in [1.165, 1.54) is 38.8 Å². The average Bonchev–Trinajstić information content (AvgIpc) is 3.17. The molecule has 0 saturated carbocycles. The van der Waals surface area contributed by atoms with Gasteiger partial charge in [-0.05, 0) is 54.8 Å². The van der Waals surface area contributed by atoms with Crippen LogP contribution in [-0.4, -0.2) is 37.6 Å². The predicted octanol–water partition coefficient (Wildman–Crippen LogP) is 7.80. The van der Waals surface area contributed by atoms with Crippen LogP contribution in [0.3, 0.4) is 0 Å². The third kappa shape index (κ3) is 12.5. The smallest absolute Gasteiger partial charge is 0.169 e. The Balaban J connectivity index is 0.00000247. The third-order valence-corrected chi connectivity index (χ3v) is 6.11. The highest BCUT2D eigenvalue weighted by Crippen LogP contribution is 2.20. The Morgan fingerprint density at radius 3 is 1.82 bits per heavy atom. The van der Waals surface area contributed by atoms with Crippen LogP contribution >= 0.6 is 0 Å². The lowest BCUT2D eigenvalue weighted by atomic mass is 10.2. The van der Waals surface area contributed by atoms with Crippen LogP contribution in [0.4, 0.5) is 0 Å². The topological polar surface area (TPSA) is 33.7 Å². The molecule has 0 spiro atoms. The molecule has 0 aromatic heterocycles. The highest BCUT2D eigenvalue weighted by atomic mass is 16.5. The molecule has 0 aliphatic heterocycles. The first kappa shape index (κ1) is 31.2. The summed E-state index contributed by atoms with van der Waals surface area (Å²) >= 11 is 0. The first-order valence-electron chi connectivity index (χ1n) is 14.4. The Bertz CT molecular complexity index is 997. The van der Waals surface area contributed by atoms with Crippen LogP contribution < -0.4 is 5.32 Å². The van der Waals surface area contributed by atoms with Gasteiger partial charge in [-0.3, -0.25) is 0 Å². The monoisotopic (exact) mass is 516 g/mol. The van der Waals surface area contributed by atoms with E-state index in [2.05, 4.69) is 60.1 Å². The van der Waals surface area contributed by atoms with Crippen LogP contribution in [0.25, 0.3) is 0 Å². The van der Waals surface area contributed by atoms with Gasteiger partial charge in [0.05, 0.1) is 0 Å². The Morgan fingerprint density at radius 1 is 0.711 bits per heavy atom. The molecule has 38 heavy (non-hydrogen) atoms. The minimum absolute atomic E-state index is 0.485. The highest BCUT2D eigenvalue weighted by Gasteiger charge is 2.11. The molecular formula is C34H48N2O2. The van der Waals surface area contributed by atoms with Crippen molar-refractivity contribution in [1.82, 2.24) is 10.2 Å². The van der Waals surface area contributed by atoms with Crippen LogP contribution in [0.15, 0.2) is 102 Å². The summed E-state index contributed by atoms with van der Waals surface area (Å²) in [5.41, 5.74) is 6.66. The van der Waals surface area contributed by atoms with Crippen LogP contribution in [-0.2, 0) is 22.7 Å². The van der Waals surface area contributed by atoms with E-state index in [4.69, 9.17) is 9.47 Å². The molecule has 2 aromatic carbocycles. The first-order valence-corrected chi connectivity index (χ1v) is 14.4. The molecule has 0 saturated heterocycles. The molecule has 206 valence electrons. The van der Waals surface area contributed by atoms with Crippen LogP contribution in [0, 0.1) is 0 Å². The number of allylic oxidation sites excluding steroid dienone is 2. The first-order chi connectivity index (χ1) is 18.8. The van der Waals surface area contributed by atoms with Gasteiger partial charge in [-0.1, -0.05) is 101 Å². The number of nitrogens with zero attached hydrogens (tertiary/aromatic N) is 1. The van der Waals surface area contributed by atoms with E-state index in [0.29, 0.717) is 19.0 Å². The average molecular weight is 517 g/mol. The zero-order valence-electron chi connectivity index (χ0n) is 24.0. The van der Waals surface area contributed by atoms with E-state index in [-0.39, 0.29) is 0 Å². The predicted molar refractivity (Wildman–Crippen MR) is 161 cm³/mol. The SMILES string of the molecule is CC.CCCCN(CCCC)CCNCC1=CC(OCc2ccccc2)=C(OCc2ccccc2)C=C=C1. The third-order valence-electron chi connectivity index (χ3n) is 6.11. The van der Waals surface area contributed by atoms with Crippen LogP contribution in [0.1, 0.15) is 64.5 Å². The summed E-state index contributed by atoms with van der Waals surface area (Å²) in [5.74, 6) is 1.44. The standard InChI is InChI=1S/C32H42N2O2.C2H6/c1-3-5-21-34(22-6-4-2)23-20-33-25-30-18-13-19-31(35-26-28-14-9-7-10-15-28)32(24-30)36-27-29-16-11-8-12-17-29;1-2/h7-12,14-19,24,33H,3-6,20-23,25-27H2,1-2H3;1-2H3. The molecule has 4 nitrogen and oxygen atoms in total. The van der Waals surface area contributed by atoms with Gasteiger partial charge in [0.15, 0.2) is 11.5 Å². The summed E-state index contributed by atoms with van der Waals surface area (Å²) in [5, 5.41) is 3.62. The fourth-order valence-corrected chi connectivity index (χ4v) is 3.94. The Morgan fingerprint density at radius 2 is 1.26 bits per heavy atom. The molecule has 1 aliphatic carbocycles. The Labute approximate surface area is 231 Å². The van der Waals surface area contributed by atoms with Gasteiger partial charge < -0.3 is 19.7 Å². The van der Waals surface area contributed by atoms with Gasteiger partial charge in [-0.2, -0.15) is 0 Å². The summed E-state index contributed by atoms with van der Waals surface area (Å²) < 4.78 is 12.4. The molecule has 0 unspecified atom stereocenters. The normalized spacial score (nSPS) is 12.6. The molecule has 0 amide bonds. The molecular weight excluding hydrogens is 468 g/mol. The number of hydrogen-bond donors (Lipinski definition) is 1. The summed E-state index contributed by atoms with van der Waals surface area (Å²) in [4.78, 5) is 2.58. The number of unbranched alkanes of at least 4 members (excludes halogenated alkanes) is 2. The summed E-state index contributed by atoms with van der Waals surface area (Å²) in [7, 11) is 0. The summed E-state index contributed by atoms with van der Waals surface area (Å²) in [6.07, 6.45) is 11.0. The number of benzene rings is 2. The number of ether oxygens (including phenoxy) is 2. The van der Waals surface area contributed by atoms with Crippen LogP contribution in [0.2, 0.25) is 0 Å². The van der Waals surface area contributed by atoms with Crippen molar-refractivity contribution in [1.29, 1.82) is 0 Å². The van der Waals surface area contributed by atoms with Crippen molar-refractivity contribution >= 4 is 0 Å². The number of nitrogens with one attached hydrogen (secondary N) is 1. The van der Waals surface area contributed by atoms with Gasteiger partial charge in [0.2, 0.25) is 0 Å². The molecule has 2 aromatic rings. The summed E-state index contributed by atoms with van der Waals surface area (Å²) in [6, 6.07) is 20.4. The van der Waals surface area contributed by atoms with Gasteiger partial charge in [0.1, 0.15) is 13.2 Å². The highest BCUT2D eigenvalue weighted by molar-refractivity contribution is 5.37. The maximum atomic E-state index is 6.26. The van der Waals surface area contributed by atoms with Gasteiger partial charge in [-0.15, -0.1) is 5.73 Å². The zero-order chi connectivity index (χ0) is 27.3. The molecule has 0 fully saturated rings. The van der Waals surface area contributed by atoms with Crippen molar-refractivity contribution in [3.8, 4) is 0 Å². The van der Waals surface area contributed by atoms with E-state index in [1.807, 2.05) is 62.4 Å². The number of rotatable bonds is 17. The lowest BCUT2D eigenvalue weighted by Crippen LogP contribution is -2.34. The summed E-state index contributed by atoms with van der Waals surface area (Å²) in [6.45, 7) is 14.7. The fraction of sp³-hybridized carbons (Fsp3) is 0.441. The van der Waals surface area contributed by atoms with Crippen molar-refractivity contribution in [2.24, 2.45) is 0 Å². The molecule has 0 atom stereocenters. The van der Waals surface area contributed by atoms with Gasteiger partial charge >= 0.3 is 0 Å². The second-order valence-electron chi connectivity index (χ2n) is 9.18. The molecule has 4 heteroatoms.